The Balaban J connectivity index is 1.68. The summed E-state index contributed by atoms with van der Waals surface area (Å²) in [4.78, 5) is 9.75. The van der Waals surface area contributed by atoms with Gasteiger partial charge in [-0.1, -0.05) is 0 Å². The van der Waals surface area contributed by atoms with Crippen LogP contribution in [0.2, 0.25) is 0 Å². The Bertz CT molecular complexity index is 425. The van der Waals surface area contributed by atoms with Gasteiger partial charge in [-0.3, -0.25) is 4.90 Å². The quantitative estimate of drug-likeness (QED) is 0.835. The van der Waals surface area contributed by atoms with E-state index >= 15 is 0 Å². The van der Waals surface area contributed by atoms with E-state index in [-0.39, 0.29) is 0 Å². The van der Waals surface area contributed by atoms with Gasteiger partial charge in [0.1, 0.15) is 5.82 Å². The summed E-state index contributed by atoms with van der Waals surface area (Å²) in [6.07, 6.45) is 3.49. The molecule has 3 rings (SSSR count). The van der Waals surface area contributed by atoms with E-state index in [9.17, 15) is 0 Å². The molecule has 0 radical (unpaired) electrons. The van der Waals surface area contributed by atoms with Crippen molar-refractivity contribution < 1.29 is 4.74 Å². The number of piperazine rings is 1. The molecular weight excluding hydrogens is 260 g/mol. The molecule has 0 saturated carbocycles. The van der Waals surface area contributed by atoms with Crippen molar-refractivity contribution >= 4 is 16.7 Å². The maximum atomic E-state index is 5.08. The molecule has 1 aromatic rings. The first-order valence-corrected chi connectivity index (χ1v) is 7.87. The van der Waals surface area contributed by atoms with Crippen molar-refractivity contribution in [3.05, 3.63) is 5.82 Å². The fourth-order valence-corrected chi connectivity index (χ4v) is 3.93. The van der Waals surface area contributed by atoms with Crippen LogP contribution in [0.1, 0.15) is 25.6 Å². The number of fused-ring (bicyclic) bond motifs is 1. The number of nitrogens with zero attached hydrogens (tertiary/aromatic N) is 4. The van der Waals surface area contributed by atoms with Gasteiger partial charge in [-0.15, -0.1) is 0 Å². The maximum absolute atomic E-state index is 5.08. The Labute approximate surface area is 118 Å². The highest BCUT2D eigenvalue weighted by molar-refractivity contribution is 7.09. The molecule has 3 heterocycles. The van der Waals surface area contributed by atoms with Crippen LogP contribution in [0, 0.1) is 0 Å². The molecule has 6 heteroatoms. The molecule has 2 saturated heterocycles. The van der Waals surface area contributed by atoms with Crippen LogP contribution in [0.4, 0.5) is 5.13 Å². The topological polar surface area (TPSA) is 41.5 Å². The van der Waals surface area contributed by atoms with E-state index in [1.54, 1.807) is 7.11 Å². The number of rotatable bonds is 4. The van der Waals surface area contributed by atoms with Crippen molar-refractivity contribution in [3.8, 4) is 0 Å². The summed E-state index contributed by atoms with van der Waals surface area (Å²) < 4.78 is 9.53. The summed E-state index contributed by atoms with van der Waals surface area (Å²) in [6.45, 7) is 6.54. The van der Waals surface area contributed by atoms with Gasteiger partial charge in [-0.25, -0.2) is 4.98 Å². The van der Waals surface area contributed by atoms with Crippen LogP contribution in [0.3, 0.4) is 0 Å². The minimum Gasteiger partial charge on any atom is -0.384 e. The third-order valence-electron chi connectivity index (χ3n) is 4.17. The number of anilines is 1. The minimum atomic E-state index is 0.539. The highest BCUT2D eigenvalue weighted by Crippen LogP contribution is 2.29. The first kappa shape index (κ1) is 13.3. The molecule has 2 atom stereocenters. The van der Waals surface area contributed by atoms with Gasteiger partial charge in [0.05, 0.1) is 6.61 Å². The molecule has 2 aliphatic rings. The van der Waals surface area contributed by atoms with Gasteiger partial charge < -0.3 is 9.64 Å². The zero-order valence-electron chi connectivity index (χ0n) is 11.7. The van der Waals surface area contributed by atoms with E-state index in [1.807, 2.05) is 0 Å². The summed E-state index contributed by atoms with van der Waals surface area (Å²) in [5, 5.41) is 1.09. The van der Waals surface area contributed by atoms with Crippen LogP contribution < -0.4 is 4.90 Å². The SMILES string of the molecule is COCCc1nsc(N2CC3CCCN3CC2C)n1. The van der Waals surface area contributed by atoms with E-state index in [2.05, 4.69) is 26.1 Å². The lowest BCUT2D eigenvalue weighted by Gasteiger charge is -2.42. The fraction of sp³-hybridized carbons (Fsp3) is 0.846. The summed E-state index contributed by atoms with van der Waals surface area (Å²) in [5.41, 5.74) is 0. The zero-order valence-corrected chi connectivity index (χ0v) is 12.5. The van der Waals surface area contributed by atoms with Crippen LogP contribution >= 0.6 is 11.5 Å². The Kier molecular flexibility index (Phi) is 4.00. The van der Waals surface area contributed by atoms with Crippen molar-refractivity contribution in [2.24, 2.45) is 0 Å². The van der Waals surface area contributed by atoms with E-state index in [0.717, 1.165) is 36.5 Å². The van der Waals surface area contributed by atoms with Gasteiger partial charge in [-0.05, 0) is 26.3 Å². The zero-order chi connectivity index (χ0) is 13.2. The predicted octanol–water partition coefficient (Wildman–Crippen LogP) is 1.40. The van der Waals surface area contributed by atoms with Crippen molar-refractivity contribution in [1.29, 1.82) is 0 Å². The normalized spacial score (nSPS) is 27.8. The molecule has 106 valence electrons. The predicted molar refractivity (Wildman–Crippen MR) is 76.9 cm³/mol. The molecule has 2 aliphatic heterocycles. The smallest absolute Gasteiger partial charge is 0.205 e. The van der Waals surface area contributed by atoms with E-state index in [1.165, 1.54) is 30.9 Å². The minimum absolute atomic E-state index is 0.539. The molecule has 0 spiro atoms. The molecule has 0 amide bonds. The van der Waals surface area contributed by atoms with Gasteiger partial charge in [0.2, 0.25) is 5.13 Å². The highest BCUT2D eigenvalue weighted by atomic mass is 32.1. The summed E-state index contributed by atoms with van der Waals surface area (Å²) in [7, 11) is 1.72. The van der Waals surface area contributed by atoms with E-state index < -0.39 is 0 Å². The Morgan fingerprint density at radius 1 is 1.42 bits per heavy atom. The maximum Gasteiger partial charge on any atom is 0.205 e. The first-order chi connectivity index (χ1) is 9.28. The highest BCUT2D eigenvalue weighted by Gasteiger charge is 2.35. The monoisotopic (exact) mass is 282 g/mol. The number of hydrogen-bond donors (Lipinski definition) is 0. The van der Waals surface area contributed by atoms with Crippen molar-refractivity contribution in [2.45, 2.75) is 38.3 Å². The second-order valence-electron chi connectivity index (χ2n) is 5.53. The molecule has 0 aromatic carbocycles. The van der Waals surface area contributed by atoms with Gasteiger partial charge in [-0.2, -0.15) is 4.37 Å². The molecular formula is C13H22N4OS. The summed E-state index contributed by atoms with van der Waals surface area (Å²) in [5.74, 6) is 0.919. The second-order valence-corrected chi connectivity index (χ2v) is 6.26. The van der Waals surface area contributed by atoms with Crippen LogP contribution in [0.15, 0.2) is 0 Å². The van der Waals surface area contributed by atoms with Crippen LogP contribution in [-0.4, -0.2) is 59.7 Å². The van der Waals surface area contributed by atoms with Gasteiger partial charge in [0, 0.05) is 50.2 Å². The molecule has 2 fully saturated rings. The van der Waals surface area contributed by atoms with Crippen LogP contribution in [-0.2, 0) is 11.2 Å². The third kappa shape index (κ3) is 2.75. The molecule has 0 N–H and O–H groups in total. The lowest BCUT2D eigenvalue weighted by atomic mass is 10.1. The average Bonchev–Trinajstić information content (AvgIpc) is 3.03. The fourth-order valence-electron chi connectivity index (χ4n) is 3.11. The lowest BCUT2D eigenvalue weighted by molar-refractivity contribution is 0.200. The van der Waals surface area contributed by atoms with E-state index in [0.29, 0.717) is 12.6 Å². The van der Waals surface area contributed by atoms with Crippen molar-refractivity contribution in [3.63, 3.8) is 0 Å². The first-order valence-electron chi connectivity index (χ1n) is 7.10. The number of methoxy groups -OCH3 is 1. The Hall–Kier alpha value is -0.720. The number of aromatic nitrogens is 2. The summed E-state index contributed by atoms with van der Waals surface area (Å²) in [6, 6.07) is 1.26. The van der Waals surface area contributed by atoms with Crippen LogP contribution in [0.25, 0.3) is 0 Å². The standard InChI is InChI=1S/C13H22N4OS/c1-10-8-16-6-3-4-11(16)9-17(10)13-14-12(15-19-13)5-7-18-2/h10-11H,3-9H2,1-2H3. The molecule has 19 heavy (non-hydrogen) atoms. The largest absolute Gasteiger partial charge is 0.384 e. The Morgan fingerprint density at radius 3 is 3.16 bits per heavy atom. The van der Waals surface area contributed by atoms with Gasteiger partial charge in [0.25, 0.3) is 0 Å². The Morgan fingerprint density at radius 2 is 2.32 bits per heavy atom. The third-order valence-corrected chi connectivity index (χ3v) is 4.96. The molecule has 0 aliphatic carbocycles. The van der Waals surface area contributed by atoms with Crippen LogP contribution in [0.5, 0.6) is 0 Å². The van der Waals surface area contributed by atoms with Crippen molar-refractivity contribution in [1.82, 2.24) is 14.3 Å². The molecule has 2 unspecified atom stereocenters. The molecule has 5 nitrogen and oxygen atoms in total. The number of ether oxygens (including phenoxy) is 1. The summed E-state index contributed by atoms with van der Waals surface area (Å²) >= 11 is 1.54. The molecule has 1 aromatic heterocycles. The van der Waals surface area contributed by atoms with Gasteiger partial charge in [0.15, 0.2) is 0 Å². The average molecular weight is 282 g/mol. The van der Waals surface area contributed by atoms with E-state index in [4.69, 9.17) is 4.74 Å². The van der Waals surface area contributed by atoms with Crippen molar-refractivity contribution in [2.75, 3.05) is 38.3 Å². The second kappa shape index (κ2) is 5.73. The van der Waals surface area contributed by atoms with Gasteiger partial charge >= 0.3 is 0 Å². The molecule has 0 bridgehead atoms. The lowest BCUT2D eigenvalue weighted by Crippen LogP contribution is -2.55. The number of hydrogen-bond acceptors (Lipinski definition) is 6.